The predicted octanol–water partition coefficient (Wildman–Crippen LogP) is 6.41. The minimum absolute atomic E-state index is 0.133. The minimum Gasteiger partial charge on any atom is -0.497 e. The number of hydrogen-bond donors (Lipinski definition) is 1. The average Bonchev–Trinajstić information content (AvgIpc) is 3.67. The number of thioether (sulfide) groups is 1. The van der Waals surface area contributed by atoms with Crippen molar-refractivity contribution in [1.82, 2.24) is 14.8 Å². The number of esters is 1. The van der Waals surface area contributed by atoms with Crippen molar-refractivity contribution >= 4 is 51.3 Å². The lowest BCUT2D eigenvalue weighted by Crippen LogP contribution is -2.16. The monoisotopic (exact) mass is 582 g/mol. The zero-order valence-corrected chi connectivity index (χ0v) is 24.7. The summed E-state index contributed by atoms with van der Waals surface area (Å²) >= 11 is 4.44. The average molecular weight is 583 g/mol. The van der Waals surface area contributed by atoms with Crippen LogP contribution in [-0.4, -0.2) is 46.6 Å². The summed E-state index contributed by atoms with van der Waals surface area (Å²) in [5.74, 6) is 1.69. The number of ether oxygens (including phenoxy) is 2. The predicted molar refractivity (Wildman–Crippen MR) is 157 cm³/mol. The Balaban J connectivity index is 1.31. The maximum atomic E-state index is 13.0. The molecule has 39 heavy (non-hydrogen) atoms. The molecule has 1 unspecified atom stereocenters. The van der Waals surface area contributed by atoms with Gasteiger partial charge in [-0.3, -0.25) is 4.79 Å². The summed E-state index contributed by atoms with van der Waals surface area (Å²) in [5.41, 5.74) is 4.42. The summed E-state index contributed by atoms with van der Waals surface area (Å²) in [5, 5.41) is 17.0. The summed E-state index contributed by atoms with van der Waals surface area (Å²) in [7, 11) is 2.93. The van der Waals surface area contributed by atoms with Crippen LogP contribution in [0.5, 0.6) is 5.75 Å². The number of nitrogens with one attached hydrogen (secondary N) is 1. The molecule has 0 saturated carbocycles. The highest BCUT2D eigenvalue weighted by Crippen LogP contribution is 2.39. The highest BCUT2D eigenvalue weighted by atomic mass is 32.2. The van der Waals surface area contributed by atoms with E-state index in [0.717, 1.165) is 30.0 Å². The second-order valence-corrected chi connectivity index (χ2v) is 12.1. The number of nitrogens with zero attached hydrogens (tertiary/aromatic N) is 3. The molecule has 4 aromatic rings. The van der Waals surface area contributed by atoms with Crippen molar-refractivity contribution in [1.29, 1.82) is 0 Å². The fourth-order valence-electron chi connectivity index (χ4n) is 4.78. The van der Waals surface area contributed by atoms with Gasteiger partial charge in [-0.05, 0) is 55.4 Å². The number of anilines is 1. The number of amides is 1. The number of benzene rings is 1. The zero-order chi connectivity index (χ0) is 27.5. The van der Waals surface area contributed by atoms with Crippen molar-refractivity contribution < 1.29 is 19.1 Å². The molecule has 1 aliphatic carbocycles. The van der Waals surface area contributed by atoms with E-state index in [2.05, 4.69) is 39.3 Å². The second kappa shape index (κ2) is 11.9. The first-order valence-corrected chi connectivity index (χ1v) is 15.5. The third-order valence-corrected chi connectivity index (χ3v) is 9.76. The number of fused-ring (bicyclic) bond motifs is 1. The molecule has 1 atom stereocenters. The highest BCUT2D eigenvalue weighted by Gasteiger charge is 2.25. The Hall–Kier alpha value is -3.15. The summed E-state index contributed by atoms with van der Waals surface area (Å²) in [6.45, 7) is 5.07. The number of methoxy groups -OCH3 is 2. The first-order valence-electron chi connectivity index (χ1n) is 12.7. The molecule has 3 aromatic heterocycles. The van der Waals surface area contributed by atoms with Gasteiger partial charge in [-0.2, -0.15) is 0 Å². The Bertz CT molecular complexity index is 1490. The van der Waals surface area contributed by atoms with E-state index < -0.39 is 5.97 Å². The lowest BCUT2D eigenvalue weighted by Gasteiger charge is -2.19. The normalized spacial score (nSPS) is 14.6. The maximum absolute atomic E-state index is 13.0. The van der Waals surface area contributed by atoms with Crippen molar-refractivity contribution in [3.8, 4) is 28.3 Å². The number of carbonyl (C=O) groups is 2. The van der Waals surface area contributed by atoms with Gasteiger partial charge in [0.05, 0.1) is 20.0 Å². The van der Waals surface area contributed by atoms with Gasteiger partial charge in [0.25, 0.3) is 0 Å². The molecule has 3 heterocycles. The standard InChI is InChI=1S/C28H30N4O4S3/c1-5-32-25(21-14-37-22-12-16(2)6-11-19(21)22)30-31-28(32)39-15-23(33)29-26-24(27(34)36-4)20(13-38-26)17-7-9-18(35-3)10-8-17/h7-10,13-14,16H,5-6,11-12,15H2,1-4H3,(H,29,33). The molecule has 1 aromatic carbocycles. The Morgan fingerprint density at radius 3 is 2.62 bits per heavy atom. The molecular formula is C28H30N4O4S3. The third-order valence-electron chi connectivity index (χ3n) is 6.84. The van der Waals surface area contributed by atoms with E-state index in [-0.39, 0.29) is 11.7 Å². The SMILES string of the molecule is CCn1c(SCC(=O)Nc2scc(-c3ccc(OC)cc3)c2C(=O)OC)nnc1-c1csc2c1CCC(C)C2. The maximum Gasteiger partial charge on any atom is 0.341 e. The van der Waals surface area contributed by atoms with Crippen LogP contribution in [-0.2, 0) is 28.9 Å². The van der Waals surface area contributed by atoms with Gasteiger partial charge in [-0.15, -0.1) is 32.9 Å². The minimum atomic E-state index is -0.506. The van der Waals surface area contributed by atoms with Crippen molar-refractivity contribution in [3.63, 3.8) is 0 Å². The molecule has 204 valence electrons. The molecule has 0 spiro atoms. The van der Waals surface area contributed by atoms with Crippen molar-refractivity contribution in [2.45, 2.75) is 44.8 Å². The third kappa shape index (κ3) is 5.61. The van der Waals surface area contributed by atoms with E-state index in [0.29, 0.717) is 33.7 Å². The Kier molecular flexibility index (Phi) is 8.39. The highest BCUT2D eigenvalue weighted by molar-refractivity contribution is 7.99. The number of rotatable bonds is 9. The number of thiophene rings is 2. The van der Waals surface area contributed by atoms with Crippen LogP contribution in [0.3, 0.4) is 0 Å². The zero-order valence-electron chi connectivity index (χ0n) is 22.3. The van der Waals surface area contributed by atoms with E-state index in [1.807, 2.05) is 41.0 Å². The number of aromatic nitrogens is 3. The van der Waals surface area contributed by atoms with Crippen molar-refractivity contribution in [3.05, 3.63) is 51.0 Å². The van der Waals surface area contributed by atoms with E-state index >= 15 is 0 Å². The van der Waals surface area contributed by atoms with Crippen LogP contribution in [0, 0.1) is 5.92 Å². The van der Waals surface area contributed by atoms with E-state index in [4.69, 9.17) is 9.47 Å². The largest absolute Gasteiger partial charge is 0.497 e. The lowest BCUT2D eigenvalue weighted by molar-refractivity contribution is -0.113. The van der Waals surface area contributed by atoms with E-state index in [1.165, 1.54) is 52.6 Å². The molecule has 0 bridgehead atoms. The van der Waals surface area contributed by atoms with Gasteiger partial charge in [0.15, 0.2) is 11.0 Å². The summed E-state index contributed by atoms with van der Waals surface area (Å²) in [6, 6.07) is 7.39. The van der Waals surface area contributed by atoms with Gasteiger partial charge in [0.2, 0.25) is 5.91 Å². The van der Waals surface area contributed by atoms with E-state index in [9.17, 15) is 9.59 Å². The van der Waals surface area contributed by atoms with Crippen LogP contribution < -0.4 is 10.1 Å². The molecule has 0 fully saturated rings. The van der Waals surface area contributed by atoms with Gasteiger partial charge in [-0.25, -0.2) is 4.79 Å². The van der Waals surface area contributed by atoms with Crippen LogP contribution in [0.4, 0.5) is 5.00 Å². The topological polar surface area (TPSA) is 95.3 Å². The summed E-state index contributed by atoms with van der Waals surface area (Å²) < 4.78 is 12.3. The molecule has 11 heteroatoms. The van der Waals surface area contributed by atoms with Crippen LogP contribution >= 0.6 is 34.4 Å². The van der Waals surface area contributed by atoms with Crippen LogP contribution in [0.15, 0.2) is 40.2 Å². The van der Waals surface area contributed by atoms with Crippen molar-refractivity contribution in [2.24, 2.45) is 5.92 Å². The smallest absolute Gasteiger partial charge is 0.341 e. The number of carbonyl (C=O) groups excluding carboxylic acids is 2. The molecule has 0 saturated heterocycles. The van der Waals surface area contributed by atoms with Gasteiger partial charge in [0, 0.05) is 33.3 Å². The molecule has 0 aliphatic heterocycles. The quantitative estimate of drug-likeness (QED) is 0.180. The molecule has 1 amide bonds. The van der Waals surface area contributed by atoms with Crippen LogP contribution in [0.1, 0.15) is 41.1 Å². The van der Waals surface area contributed by atoms with Gasteiger partial charge < -0.3 is 19.4 Å². The molecule has 1 aliphatic rings. The fraction of sp³-hybridized carbons (Fsp3) is 0.357. The first kappa shape index (κ1) is 27.4. The first-order chi connectivity index (χ1) is 18.9. The van der Waals surface area contributed by atoms with Gasteiger partial charge in [-0.1, -0.05) is 30.8 Å². The van der Waals surface area contributed by atoms with Gasteiger partial charge >= 0.3 is 5.97 Å². The van der Waals surface area contributed by atoms with E-state index in [1.54, 1.807) is 7.11 Å². The number of hydrogen-bond acceptors (Lipinski definition) is 9. The molecule has 8 nitrogen and oxygen atoms in total. The Morgan fingerprint density at radius 1 is 1.13 bits per heavy atom. The molecule has 5 rings (SSSR count). The summed E-state index contributed by atoms with van der Waals surface area (Å²) in [4.78, 5) is 27.1. The Labute approximate surface area is 239 Å². The molecular weight excluding hydrogens is 553 g/mol. The second-order valence-electron chi connectivity index (χ2n) is 9.36. The van der Waals surface area contributed by atoms with Crippen LogP contribution in [0.25, 0.3) is 22.5 Å². The lowest BCUT2D eigenvalue weighted by atomic mass is 9.88. The summed E-state index contributed by atoms with van der Waals surface area (Å²) in [6.07, 6.45) is 3.38. The Morgan fingerprint density at radius 2 is 1.90 bits per heavy atom. The molecule has 1 N–H and O–H groups in total. The molecule has 0 radical (unpaired) electrons. The fourth-order valence-corrected chi connectivity index (χ4v) is 7.79. The van der Waals surface area contributed by atoms with Gasteiger partial charge in [0.1, 0.15) is 16.3 Å². The van der Waals surface area contributed by atoms with Crippen molar-refractivity contribution in [2.75, 3.05) is 25.3 Å². The van der Waals surface area contributed by atoms with Crippen LogP contribution in [0.2, 0.25) is 0 Å².